The van der Waals surface area contributed by atoms with Gasteiger partial charge in [-0.1, -0.05) is 65.8 Å². The van der Waals surface area contributed by atoms with E-state index in [1.165, 1.54) is 0 Å². The Morgan fingerprint density at radius 3 is 2.43 bits per heavy atom. The summed E-state index contributed by atoms with van der Waals surface area (Å²) < 4.78 is 0. The number of carbonyl (C=O) groups excluding carboxylic acids is 2. The Morgan fingerprint density at radius 1 is 0.893 bits per heavy atom. The fourth-order valence-electron chi connectivity index (χ4n) is 2.93. The second-order valence-electron chi connectivity index (χ2n) is 6.16. The lowest BCUT2D eigenvalue weighted by atomic mass is 10.1. The Morgan fingerprint density at radius 2 is 1.64 bits per heavy atom. The van der Waals surface area contributed by atoms with E-state index in [9.17, 15) is 9.59 Å². The van der Waals surface area contributed by atoms with Crippen molar-refractivity contribution in [3.05, 3.63) is 89.4 Å². The molecule has 3 aromatic rings. The predicted octanol–water partition coefficient (Wildman–Crippen LogP) is 5.64. The minimum Gasteiger partial charge on any atom is -0.267 e. The van der Waals surface area contributed by atoms with Gasteiger partial charge in [-0.15, -0.1) is 0 Å². The molecule has 28 heavy (non-hydrogen) atoms. The van der Waals surface area contributed by atoms with Crippen LogP contribution in [0.25, 0.3) is 0 Å². The SMILES string of the molecule is O=C1N=C(Cc2ccccc2Sc2ccccc2)C(=O)N1c1cccc(Cl)c1. The van der Waals surface area contributed by atoms with Crippen molar-refractivity contribution in [3.63, 3.8) is 0 Å². The summed E-state index contributed by atoms with van der Waals surface area (Å²) in [5.74, 6) is -0.410. The number of halogens is 1. The third-order valence-corrected chi connectivity index (χ3v) is 5.60. The third-order valence-electron chi connectivity index (χ3n) is 4.24. The van der Waals surface area contributed by atoms with Gasteiger partial charge in [0.2, 0.25) is 0 Å². The number of rotatable bonds is 5. The summed E-state index contributed by atoms with van der Waals surface area (Å²) in [5, 5.41) is 0.455. The summed E-state index contributed by atoms with van der Waals surface area (Å²) in [7, 11) is 0. The topological polar surface area (TPSA) is 49.7 Å². The molecule has 1 aliphatic heterocycles. The normalized spacial score (nSPS) is 13.8. The number of benzene rings is 3. The largest absolute Gasteiger partial charge is 0.355 e. The Balaban J connectivity index is 1.58. The zero-order valence-corrected chi connectivity index (χ0v) is 16.3. The van der Waals surface area contributed by atoms with Gasteiger partial charge in [0.1, 0.15) is 5.71 Å². The maximum absolute atomic E-state index is 12.8. The van der Waals surface area contributed by atoms with Crippen molar-refractivity contribution in [3.8, 4) is 0 Å². The molecule has 1 heterocycles. The molecule has 0 unspecified atom stereocenters. The molecular weight excluding hydrogens is 392 g/mol. The van der Waals surface area contributed by atoms with Gasteiger partial charge in [0, 0.05) is 21.2 Å². The van der Waals surface area contributed by atoms with E-state index < -0.39 is 11.9 Å². The third kappa shape index (κ3) is 3.86. The van der Waals surface area contributed by atoms with Gasteiger partial charge < -0.3 is 0 Å². The molecule has 0 saturated heterocycles. The quantitative estimate of drug-likeness (QED) is 0.550. The van der Waals surface area contributed by atoms with Crippen molar-refractivity contribution in [1.29, 1.82) is 0 Å². The van der Waals surface area contributed by atoms with Gasteiger partial charge in [-0.3, -0.25) is 4.79 Å². The molecule has 1 aliphatic rings. The molecule has 138 valence electrons. The zero-order valence-electron chi connectivity index (χ0n) is 14.7. The molecule has 4 rings (SSSR count). The highest BCUT2D eigenvalue weighted by atomic mass is 35.5. The van der Waals surface area contributed by atoms with Crippen molar-refractivity contribution in [2.45, 2.75) is 16.2 Å². The second-order valence-corrected chi connectivity index (χ2v) is 7.71. The lowest BCUT2D eigenvalue weighted by Crippen LogP contribution is -2.33. The highest BCUT2D eigenvalue weighted by molar-refractivity contribution is 7.99. The summed E-state index contributed by atoms with van der Waals surface area (Å²) in [6.45, 7) is 0. The van der Waals surface area contributed by atoms with Gasteiger partial charge in [0.15, 0.2) is 0 Å². The summed E-state index contributed by atoms with van der Waals surface area (Å²) in [4.78, 5) is 32.4. The number of hydrogen-bond donors (Lipinski definition) is 0. The molecule has 0 radical (unpaired) electrons. The van der Waals surface area contributed by atoms with Crippen LogP contribution in [0.15, 0.2) is 93.6 Å². The maximum Gasteiger partial charge on any atom is 0.355 e. The summed E-state index contributed by atoms with van der Waals surface area (Å²) >= 11 is 7.61. The van der Waals surface area contributed by atoms with E-state index >= 15 is 0 Å². The number of aliphatic imine (C=N–C) groups is 1. The van der Waals surface area contributed by atoms with E-state index in [1.54, 1.807) is 36.0 Å². The van der Waals surface area contributed by atoms with Gasteiger partial charge in [0.25, 0.3) is 5.91 Å². The molecular formula is C22H15ClN2O2S. The molecule has 4 nitrogen and oxygen atoms in total. The molecule has 3 aromatic carbocycles. The monoisotopic (exact) mass is 406 g/mol. The Bertz CT molecular complexity index is 1080. The van der Waals surface area contributed by atoms with Crippen molar-refractivity contribution in [2.24, 2.45) is 4.99 Å². The number of imide groups is 1. The fraction of sp³-hybridized carbons (Fsp3) is 0.0455. The van der Waals surface area contributed by atoms with Crippen LogP contribution >= 0.6 is 23.4 Å². The van der Waals surface area contributed by atoms with E-state index in [0.29, 0.717) is 10.7 Å². The first-order chi connectivity index (χ1) is 13.6. The van der Waals surface area contributed by atoms with Crippen molar-refractivity contribution in [2.75, 3.05) is 4.90 Å². The van der Waals surface area contributed by atoms with Crippen molar-refractivity contribution in [1.82, 2.24) is 0 Å². The fourth-order valence-corrected chi connectivity index (χ4v) is 4.08. The highest BCUT2D eigenvalue weighted by Gasteiger charge is 2.34. The van der Waals surface area contributed by atoms with Crippen LogP contribution in [0.5, 0.6) is 0 Å². The van der Waals surface area contributed by atoms with Gasteiger partial charge in [-0.25, -0.2) is 9.69 Å². The average Bonchev–Trinajstić information content (AvgIpc) is 2.97. The number of anilines is 1. The van der Waals surface area contributed by atoms with Crippen molar-refractivity contribution < 1.29 is 9.59 Å². The standard InChI is InChI=1S/C22H15ClN2O2S/c23-16-8-6-9-17(14-16)25-21(26)19(24-22(25)27)13-15-7-4-5-12-20(15)28-18-10-2-1-3-11-18/h1-12,14H,13H2. The molecule has 0 spiro atoms. The lowest BCUT2D eigenvalue weighted by molar-refractivity contribution is -0.111. The van der Waals surface area contributed by atoms with Crippen LogP contribution in [0.4, 0.5) is 10.5 Å². The van der Waals surface area contributed by atoms with Crippen LogP contribution in [0.1, 0.15) is 5.56 Å². The summed E-state index contributed by atoms with van der Waals surface area (Å²) in [6.07, 6.45) is 0.289. The highest BCUT2D eigenvalue weighted by Crippen LogP contribution is 2.31. The van der Waals surface area contributed by atoms with Crippen LogP contribution in [0.3, 0.4) is 0 Å². The Kier molecular flexibility index (Phi) is 5.28. The van der Waals surface area contributed by atoms with Crippen LogP contribution in [0.2, 0.25) is 5.02 Å². The number of nitrogens with zero attached hydrogens (tertiary/aromatic N) is 2. The first-order valence-corrected chi connectivity index (χ1v) is 9.83. The van der Waals surface area contributed by atoms with Crippen LogP contribution in [0, 0.1) is 0 Å². The van der Waals surface area contributed by atoms with Crippen LogP contribution in [-0.4, -0.2) is 17.6 Å². The minimum atomic E-state index is -0.588. The molecule has 6 heteroatoms. The molecule has 0 N–H and O–H groups in total. The number of urea groups is 1. The molecule has 0 aromatic heterocycles. The summed E-state index contributed by atoms with van der Waals surface area (Å²) in [5.41, 5.74) is 1.60. The lowest BCUT2D eigenvalue weighted by Gasteiger charge is -2.13. The average molecular weight is 407 g/mol. The van der Waals surface area contributed by atoms with Crippen LogP contribution < -0.4 is 4.90 Å². The van der Waals surface area contributed by atoms with Crippen molar-refractivity contribution >= 4 is 46.7 Å². The van der Waals surface area contributed by atoms with E-state index in [1.807, 2.05) is 54.6 Å². The first kappa shape index (κ1) is 18.5. The molecule has 0 saturated carbocycles. The number of amides is 3. The Labute approximate surface area is 171 Å². The Hall–Kier alpha value is -2.89. The first-order valence-electron chi connectivity index (χ1n) is 8.64. The number of carbonyl (C=O) groups is 2. The zero-order chi connectivity index (χ0) is 19.5. The molecule has 0 bridgehead atoms. The maximum atomic E-state index is 12.8. The van der Waals surface area contributed by atoms with Gasteiger partial charge in [0.05, 0.1) is 5.69 Å². The van der Waals surface area contributed by atoms with E-state index in [-0.39, 0.29) is 12.1 Å². The van der Waals surface area contributed by atoms with Gasteiger partial charge >= 0.3 is 6.03 Å². The second kappa shape index (κ2) is 8.00. The molecule has 0 aliphatic carbocycles. The number of hydrogen-bond acceptors (Lipinski definition) is 3. The van der Waals surface area contributed by atoms with Gasteiger partial charge in [-0.2, -0.15) is 4.99 Å². The molecule has 0 fully saturated rings. The smallest absolute Gasteiger partial charge is 0.267 e. The van der Waals surface area contributed by atoms with Gasteiger partial charge in [-0.05, 0) is 42.0 Å². The minimum absolute atomic E-state index is 0.228. The van der Waals surface area contributed by atoms with E-state index in [0.717, 1.165) is 20.3 Å². The molecule has 3 amide bonds. The summed E-state index contributed by atoms with van der Waals surface area (Å²) in [6, 6.07) is 23.9. The van der Waals surface area contributed by atoms with Crippen LogP contribution in [-0.2, 0) is 11.2 Å². The molecule has 0 atom stereocenters. The van der Waals surface area contributed by atoms with E-state index in [4.69, 9.17) is 11.6 Å². The van der Waals surface area contributed by atoms with E-state index in [2.05, 4.69) is 4.99 Å². The predicted molar refractivity (Wildman–Crippen MR) is 112 cm³/mol.